The number of carbonyl (C=O) groups is 1. The third kappa shape index (κ3) is 7.04. The lowest BCUT2D eigenvalue weighted by molar-refractivity contribution is -0.133. The Bertz CT molecular complexity index is 514. The Balaban J connectivity index is 2.49. The number of hydrogen-bond donors (Lipinski definition) is 0. The van der Waals surface area contributed by atoms with Crippen molar-refractivity contribution in [2.24, 2.45) is 0 Å². The molecule has 1 rings (SSSR count). The maximum absolute atomic E-state index is 13.0. The highest BCUT2D eigenvalue weighted by atomic mass is 19.1. The number of benzene rings is 1. The van der Waals surface area contributed by atoms with E-state index in [1.807, 2.05) is 25.1 Å². The summed E-state index contributed by atoms with van der Waals surface area (Å²) in [6.07, 6.45) is 1.11. The molecule has 0 spiro atoms. The molecule has 0 unspecified atom stereocenters. The predicted molar refractivity (Wildman–Crippen MR) is 81.9 cm³/mol. The monoisotopic (exact) mass is 307 g/mol. The van der Waals surface area contributed by atoms with Crippen LogP contribution in [0.5, 0.6) is 5.75 Å². The number of halogens is 1. The molecule has 0 aromatic heterocycles. The van der Waals surface area contributed by atoms with E-state index < -0.39 is 5.82 Å². The van der Waals surface area contributed by atoms with Crippen LogP contribution in [0.3, 0.4) is 0 Å². The van der Waals surface area contributed by atoms with E-state index in [0.717, 1.165) is 13.0 Å². The van der Waals surface area contributed by atoms with Crippen molar-refractivity contribution in [3.05, 3.63) is 30.1 Å². The molecule has 1 amide bonds. The van der Waals surface area contributed by atoms with E-state index in [2.05, 4.69) is 0 Å². The average molecular weight is 307 g/mol. The first-order chi connectivity index (χ1) is 10.5. The summed E-state index contributed by atoms with van der Waals surface area (Å²) in [5.41, 5.74) is 0. The highest BCUT2D eigenvalue weighted by Gasteiger charge is 2.14. The second kappa shape index (κ2) is 9.74. The summed E-state index contributed by atoms with van der Waals surface area (Å²) in [7, 11) is 3.93. The zero-order valence-corrected chi connectivity index (χ0v) is 13.1. The molecule has 0 radical (unpaired) electrons. The second-order valence-corrected chi connectivity index (χ2v) is 5.19. The lowest BCUT2D eigenvalue weighted by atomic mass is 10.3. The summed E-state index contributed by atoms with van der Waals surface area (Å²) in [6.45, 7) is 1.67. The zero-order valence-electron chi connectivity index (χ0n) is 13.1. The third-order valence-electron chi connectivity index (χ3n) is 3.04. The smallest absolute Gasteiger partial charge is 0.260 e. The number of amides is 1. The van der Waals surface area contributed by atoms with Crippen molar-refractivity contribution in [2.45, 2.75) is 12.8 Å². The van der Waals surface area contributed by atoms with E-state index in [9.17, 15) is 9.18 Å². The van der Waals surface area contributed by atoms with Gasteiger partial charge in [-0.1, -0.05) is 6.07 Å². The summed E-state index contributed by atoms with van der Waals surface area (Å²) in [4.78, 5) is 15.8. The number of carbonyl (C=O) groups excluding carboxylic acids is 1. The molecule has 22 heavy (non-hydrogen) atoms. The van der Waals surface area contributed by atoms with Gasteiger partial charge in [-0.05, 0) is 39.2 Å². The quantitative estimate of drug-likeness (QED) is 0.699. The molecule has 0 aliphatic heterocycles. The van der Waals surface area contributed by atoms with Crippen molar-refractivity contribution in [2.75, 3.05) is 40.3 Å². The number of nitrogens with zero attached hydrogens (tertiary/aromatic N) is 3. The summed E-state index contributed by atoms with van der Waals surface area (Å²) in [6, 6.07) is 7.72. The Kier molecular flexibility index (Phi) is 7.94. The molecular formula is C16H22FN3O2. The summed E-state index contributed by atoms with van der Waals surface area (Å²) >= 11 is 0. The minimum atomic E-state index is -0.405. The van der Waals surface area contributed by atoms with Crippen molar-refractivity contribution >= 4 is 5.91 Å². The van der Waals surface area contributed by atoms with E-state index in [0.29, 0.717) is 18.8 Å². The Labute approximate surface area is 130 Å². The molecule has 6 heteroatoms. The Morgan fingerprint density at radius 3 is 2.73 bits per heavy atom. The molecule has 0 N–H and O–H groups in total. The number of rotatable bonds is 9. The minimum absolute atomic E-state index is 0.156. The average Bonchev–Trinajstić information content (AvgIpc) is 2.48. The van der Waals surface area contributed by atoms with E-state index in [1.54, 1.807) is 11.0 Å². The van der Waals surface area contributed by atoms with E-state index in [4.69, 9.17) is 10.00 Å². The number of nitriles is 1. The molecule has 0 fully saturated rings. The van der Waals surface area contributed by atoms with Crippen LogP contribution in [0.1, 0.15) is 12.8 Å². The van der Waals surface area contributed by atoms with Gasteiger partial charge in [0.2, 0.25) is 0 Å². The van der Waals surface area contributed by atoms with Crippen LogP contribution in [-0.4, -0.2) is 56.0 Å². The molecule has 1 aromatic rings. The minimum Gasteiger partial charge on any atom is -0.484 e. The highest BCUT2D eigenvalue weighted by molar-refractivity contribution is 5.77. The fraction of sp³-hybridized carbons (Fsp3) is 0.500. The SMILES string of the molecule is CN(C)CCCN(CCC#N)C(=O)COc1cccc(F)c1. The van der Waals surface area contributed by atoms with Gasteiger partial charge >= 0.3 is 0 Å². The van der Waals surface area contributed by atoms with Gasteiger partial charge in [0.15, 0.2) is 6.61 Å². The van der Waals surface area contributed by atoms with Crippen LogP contribution >= 0.6 is 0 Å². The fourth-order valence-electron chi connectivity index (χ4n) is 1.92. The third-order valence-corrected chi connectivity index (χ3v) is 3.04. The maximum atomic E-state index is 13.0. The molecule has 0 aliphatic carbocycles. The van der Waals surface area contributed by atoms with Gasteiger partial charge < -0.3 is 14.5 Å². The molecule has 0 atom stereocenters. The van der Waals surface area contributed by atoms with Crippen LogP contribution in [-0.2, 0) is 4.79 Å². The van der Waals surface area contributed by atoms with Crippen molar-refractivity contribution in [3.8, 4) is 11.8 Å². The molecular weight excluding hydrogens is 285 g/mol. The van der Waals surface area contributed by atoms with Gasteiger partial charge in [-0.25, -0.2) is 4.39 Å². The lowest BCUT2D eigenvalue weighted by Crippen LogP contribution is -2.37. The molecule has 120 valence electrons. The van der Waals surface area contributed by atoms with Crippen molar-refractivity contribution in [1.82, 2.24) is 9.80 Å². The Morgan fingerprint density at radius 1 is 1.32 bits per heavy atom. The molecule has 0 aliphatic rings. The van der Waals surface area contributed by atoms with Crippen LogP contribution in [0.4, 0.5) is 4.39 Å². The van der Waals surface area contributed by atoms with Crippen LogP contribution in [0.15, 0.2) is 24.3 Å². The van der Waals surface area contributed by atoms with E-state index in [1.165, 1.54) is 18.2 Å². The zero-order chi connectivity index (χ0) is 16.4. The van der Waals surface area contributed by atoms with Gasteiger partial charge in [0, 0.05) is 19.2 Å². The van der Waals surface area contributed by atoms with Crippen LogP contribution in [0.2, 0.25) is 0 Å². The fourth-order valence-corrected chi connectivity index (χ4v) is 1.92. The molecule has 1 aromatic carbocycles. The van der Waals surface area contributed by atoms with Gasteiger partial charge in [-0.15, -0.1) is 0 Å². The summed E-state index contributed by atoms with van der Waals surface area (Å²) in [5.74, 6) is -0.280. The van der Waals surface area contributed by atoms with Crippen molar-refractivity contribution in [3.63, 3.8) is 0 Å². The predicted octanol–water partition coefficient (Wildman–Crippen LogP) is 1.90. The van der Waals surface area contributed by atoms with Gasteiger partial charge in [0.25, 0.3) is 5.91 Å². The summed E-state index contributed by atoms with van der Waals surface area (Å²) in [5, 5.41) is 8.68. The van der Waals surface area contributed by atoms with Crippen molar-refractivity contribution in [1.29, 1.82) is 5.26 Å². The summed E-state index contributed by atoms with van der Waals surface area (Å²) < 4.78 is 18.4. The first kappa shape index (κ1) is 17.9. The normalized spacial score (nSPS) is 10.3. The number of hydrogen-bond acceptors (Lipinski definition) is 4. The standard InChI is InChI=1S/C16H22FN3O2/c1-19(2)9-5-11-20(10-4-8-18)16(21)13-22-15-7-3-6-14(17)12-15/h3,6-7,12H,4-5,9-11,13H2,1-2H3. The highest BCUT2D eigenvalue weighted by Crippen LogP contribution is 2.12. The van der Waals surface area contributed by atoms with E-state index >= 15 is 0 Å². The molecule has 0 saturated carbocycles. The molecule has 0 saturated heterocycles. The molecule has 0 bridgehead atoms. The maximum Gasteiger partial charge on any atom is 0.260 e. The Hall–Kier alpha value is -2.13. The van der Waals surface area contributed by atoms with Gasteiger partial charge in [0.1, 0.15) is 11.6 Å². The van der Waals surface area contributed by atoms with E-state index in [-0.39, 0.29) is 18.9 Å². The lowest BCUT2D eigenvalue weighted by Gasteiger charge is -2.22. The first-order valence-corrected chi connectivity index (χ1v) is 7.20. The van der Waals surface area contributed by atoms with Gasteiger partial charge in [0.05, 0.1) is 12.5 Å². The topological polar surface area (TPSA) is 56.6 Å². The molecule has 0 heterocycles. The van der Waals surface area contributed by atoms with Crippen LogP contribution < -0.4 is 4.74 Å². The largest absolute Gasteiger partial charge is 0.484 e. The van der Waals surface area contributed by atoms with Crippen molar-refractivity contribution < 1.29 is 13.9 Å². The van der Waals surface area contributed by atoms with Crippen LogP contribution in [0.25, 0.3) is 0 Å². The van der Waals surface area contributed by atoms with Gasteiger partial charge in [-0.3, -0.25) is 4.79 Å². The Morgan fingerprint density at radius 2 is 2.09 bits per heavy atom. The van der Waals surface area contributed by atoms with Crippen LogP contribution in [0, 0.1) is 17.1 Å². The molecule has 5 nitrogen and oxygen atoms in total. The number of ether oxygens (including phenoxy) is 1. The first-order valence-electron chi connectivity index (χ1n) is 7.20. The second-order valence-electron chi connectivity index (χ2n) is 5.19. The van der Waals surface area contributed by atoms with Gasteiger partial charge in [-0.2, -0.15) is 5.26 Å².